The number of aliphatic hydroxyl groups excluding tert-OH is 1. The minimum absolute atomic E-state index is 0.00371. The Kier molecular flexibility index (Phi) is 6.79. The van der Waals surface area contributed by atoms with Crippen molar-refractivity contribution in [3.63, 3.8) is 0 Å². The van der Waals surface area contributed by atoms with E-state index in [1.807, 2.05) is 25.1 Å². The number of benzene rings is 1. The SMILES string of the molecule is CCOc1cc(CNCC2CCCO2)ccc1OCCO. The lowest BCUT2D eigenvalue weighted by Gasteiger charge is -2.14. The largest absolute Gasteiger partial charge is 0.490 e. The molecule has 1 atom stereocenters. The Morgan fingerprint density at radius 1 is 1.33 bits per heavy atom. The Balaban J connectivity index is 1.87. The van der Waals surface area contributed by atoms with E-state index in [0.717, 1.165) is 43.9 Å². The molecule has 118 valence electrons. The smallest absolute Gasteiger partial charge is 0.161 e. The standard InChI is InChI=1S/C16H25NO4/c1-2-19-16-10-13(5-6-15(16)21-9-7-18)11-17-12-14-4-3-8-20-14/h5-6,10,14,17-18H,2-4,7-9,11-12H2,1H3. The molecule has 1 heterocycles. The molecule has 5 heteroatoms. The second-order valence-electron chi connectivity index (χ2n) is 5.05. The first-order valence-electron chi connectivity index (χ1n) is 7.65. The van der Waals surface area contributed by atoms with Crippen molar-refractivity contribution in [2.45, 2.75) is 32.4 Å². The van der Waals surface area contributed by atoms with Crippen LogP contribution in [0.4, 0.5) is 0 Å². The van der Waals surface area contributed by atoms with Gasteiger partial charge in [-0.25, -0.2) is 0 Å². The Labute approximate surface area is 126 Å². The van der Waals surface area contributed by atoms with Crippen LogP contribution in [0.2, 0.25) is 0 Å². The fourth-order valence-electron chi connectivity index (χ4n) is 2.39. The summed E-state index contributed by atoms with van der Waals surface area (Å²) in [4.78, 5) is 0. The van der Waals surface area contributed by atoms with Crippen molar-refractivity contribution in [2.75, 3.05) is 33.0 Å². The van der Waals surface area contributed by atoms with Gasteiger partial charge >= 0.3 is 0 Å². The number of hydrogen-bond donors (Lipinski definition) is 2. The molecular weight excluding hydrogens is 270 g/mol. The van der Waals surface area contributed by atoms with Gasteiger partial charge in [-0.2, -0.15) is 0 Å². The second-order valence-corrected chi connectivity index (χ2v) is 5.05. The molecule has 1 unspecified atom stereocenters. The lowest BCUT2D eigenvalue weighted by Crippen LogP contribution is -2.25. The maximum atomic E-state index is 8.84. The molecule has 0 aromatic heterocycles. The monoisotopic (exact) mass is 295 g/mol. The van der Waals surface area contributed by atoms with Crippen molar-refractivity contribution in [1.29, 1.82) is 0 Å². The molecule has 1 aliphatic rings. The number of nitrogens with one attached hydrogen (secondary N) is 1. The normalized spacial score (nSPS) is 17.9. The third kappa shape index (κ3) is 5.19. The minimum Gasteiger partial charge on any atom is -0.490 e. The first-order valence-corrected chi connectivity index (χ1v) is 7.65. The highest BCUT2D eigenvalue weighted by Crippen LogP contribution is 2.28. The number of hydrogen-bond acceptors (Lipinski definition) is 5. The van der Waals surface area contributed by atoms with Crippen molar-refractivity contribution in [3.05, 3.63) is 23.8 Å². The summed E-state index contributed by atoms with van der Waals surface area (Å²) < 4.78 is 16.6. The predicted molar refractivity (Wildman–Crippen MR) is 80.9 cm³/mol. The molecule has 1 saturated heterocycles. The molecule has 5 nitrogen and oxygen atoms in total. The van der Waals surface area contributed by atoms with Crippen LogP contribution in [0, 0.1) is 0 Å². The maximum absolute atomic E-state index is 8.84. The van der Waals surface area contributed by atoms with E-state index in [4.69, 9.17) is 19.3 Å². The van der Waals surface area contributed by atoms with Gasteiger partial charge in [-0.1, -0.05) is 6.07 Å². The lowest BCUT2D eigenvalue weighted by molar-refractivity contribution is 0.110. The molecule has 1 fully saturated rings. The average molecular weight is 295 g/mol. The van der Waals surface area contributed by atoms with Crippen LogP contribution in [0.3, 0.4) is 0 Å². The van der Waals surface area contributed by atoms with E-state index in [0.29, 0.717) is 18.5 Å². The topological polar surface area (TPSA) is 60.0 Å². The van der Waals surface area contributed by atoms with Crippen LogP contribution in [0.15, 0.2) is 18.2 Å². The Morgan fingerprint density at radius 2 is 2.24 bits per heavy atom. The molecule has 1 aromatic rings. The van der Waals surface area contributed by atoms with Gasteiger partial charge in [-0.05, 0) is 37.5 Å². The molecule has 0 bridgehead atoms. The molecular formula is C16H25NO4. The van der Waals surface area contributed by atoms with E-state index >= 15 is 0 Å². The van der Waals surface area contributed by atoms with Crippen molar-refractivity contribution in [2.24, 2.45) is 0 Å². The summed E-state index contributed by atoms with van der Waals surface area (Å²) in [6, 6.07) is 5.89. The van der Waals surface area contributed by atoms with Gasteiger partial charge in [0.2, 0.25) is 0 Å². The minimum atomic E-state index is -0.00371. The van der Waals surface area contributed by atoms with Crippen LogP contribution < -0.4 is 14.8 Å². The molecule has 1 aliphatic heterocycles. The molecule has 0 radical (unpaired) electrons. The van der Waals surface area contributed by atoms with E-state index in [9.17, 15) is 0 Å². The van der Waals surface area contributed by atoms with Gasteiger partial charge in [-0.3, -0.25) is 0 Å². The van der Waals surface area contributed by atoms with E-state index in [2.05, 4.69) is 5.32 Å². The van der Waals surface area contributed by atoms with Crippen LogP contribution in [0.25, 0.3) is 0 Å². The molecule has 1 aromatic carbocycles. The Bertz CT molecular complexity index is 419. The molecule has 2 N–H and O–H groups in total. The summed E-state index contributed by atoms with van der Waals surface area (Å²) in [5.74, 6) is 1.40. The predicted octanol–water partition coefficient (Wildman–Crippen LogP) is 1.72. The highest BCUT2D eigenvalue weighted by atomic mass is 16.5. The summed E-state index contributed by atoms with van der Waals surface area (Å²) in [7, 11) is 0. The van der Waals surface area contributed by atoms with Crippen LogP contribution in [0.1, 0.15) is 25.3 Å². The average Bonchev–Trinajstić information content (AvgIpc) is 3.00. The maximum Gasteiger partial charge on any atom is 0.161 e. The van der Waals surface area contributed by atoms with Gasteiger partial charge < -0.3 is 24.6 Å². The van der Waals surface area contributed by atoms with Gasteiger partial charge in [0, 0.05) is 19.7 Å². The first kappa shape index (κ1) is 16.1. The van der Waals surface area contributed by atoms with E-state index < -0.39 is 0 Å². The third-order valence-electron chi connectivity index (χ3n) is 3.38. The van der Waals surface area contributed by atoms with Crippen molar-refractivity contribution < 1.29 is 19.3 Å². The first-order chi connectivity index (χ1) is 10.3. The lowest BCUT2D eigenvalue weighted by atomic mass is 10.2. The Morgan fingerprint density at radius 3 is 2.95 bits per heavy atom. The summed E-state index contributed by atoms with van der Waals surface area (Å²) in [5, 5.41) is 12.2. The van der Waals surface area contributed by atoms with Gasteiger partial charge in [0.1, 0.15) is 6.61 Å². The highest BCUT2D eigenvalue weighted by Gasteiger charge is 2.14. The second kappa shape index (κ2) is 8.87. The molecule has 2 rings (SSSR count). The zero-order chi connectivity index (χ0) is 14.9. The molecule has 0 aliphatic carbocycles. The number of ether oxygens (including phenoxy) is 3. The summed E-state index contributed by atoms with van der Waals surface area (Å²) in [6.45, 7) is 5.35. The van der Waals surface area contributed by atoms with Crippen LogP contribution >= 0.6 is 0 Å². The fraction of sp³-hybridized carbons (Fsp3) is 0.625. The van der Waals surface area contributed by atoms with Crippen LogP contribution in [-0.2, 0) is 11.3 Å². The van der Waals surface area contributed by atoms with Crippen molar-refractivity contribution in [3.8, 4) is 11.5 Å². The zero-order valence-electron chi connectivity index (χ0n) is 12.6. The van der Waals surface area contributed by atoms with Gasteiger partial charge in [0.25, 0.3) is 0 Å². The van der Waals surface area contributed by atoms with E-state index in [1.54, 1.807) is 0 Å². The van der Waals surface area contributed by atoms with Gasteiger partial charge in [0.05, 0.1) is 19.3 Å². The Hall–Kier alpha value is -1.30. The van der Waals surface area contributed by atoms with Gasteiger partial charge in [0.15, 0.2) is 11.5 Å². The van der Waals surface area contributed by atoms with Crippen molar-refractivity contribution in [1.82, 2.24) is 5.32 Å². The van der Waals surface area contributed by atoms with Crippen molar-refractivity contribution >= 4 is 0 Å². The van der Waals surface area contributed by atoms with Crippen LogP contribution in [-0.4, -0.2) is 44.2 Å². The fourth-order valence-corrected chi connectivity index (χ4v) is 2.39. The third-order valence-corrected chi connectivity index (χ3v) is 3.38. The summed E-state index contributed by atoms with van der Waals surface area (Å²) in [6.07, 6.45) is 2.66. The molecule has 0 saturated carbocycles. The number of aliphatic hydroxyl groups is 1. The van der Waals surface area contributed by atoms with Crippen LogP contribution in [0.5, 0.6) is 11.5 Å². The summed E-state index contributed by atoms with van der Waals surface area (Å²) in [5.41, 5.74) is 1.15. The number of rotatable bonds is 9. The molecule has 0 spiro atoms. The highest BCUT2D eigenvalue weighted by molar-refractivity contribution is 5.43. The molecule has 21 heavy (non-hydrogen) atoms. The van der Waals surface area contributed by atoms with E-state index in [1.165, 1.54) is 0 Å². The summed E-state index contributed by atoms with van der Waals surface area (Å²) >= 11 is 0. The molecule has 0 amide bonds. The zero-order valence-corrected chi connectivity index (χ0v) is 12.6. The quantitative estimate of drug-likeness (QED) is 0.726. The van der Waals surface area contributed by atoms with Gasteiger partial charge in [-0.15, -0.1) is 0 Å². The van der Waals surface area contributed by atoms with E-state index in [-0.39, 0.29) is 13.2 Å².